The van der Waals surface area contributed by atoms with E-state index in [9.17, 15) is 9.59 Å². The number of H-pyrrole nitrogens is 1. The number of nitrogens with one attached hydrogen (secondary N) is 1. The van der Waals surface area contributed by atoms with Gasteiger partial charge in [0.05, 0.1) is 6.61 Å². The van der Waals surface area contributed by atoms with Crippen molar-refractivity contribution < 1.29 is 14.3 Å². The first kappa shape index (κ1) is 15.0. The van der Waals surface area contributed by atoms with Gasteiger partial charge in [-0.2, -0.15) is 15.4 Å². The molecule has 0 aliphatic rings. The number of ether oxygens (including phenoxy) is 1. The van der Waals surface area contributed by atoms with Gasteiger partial charge in [0.2, 0.25) is 0 Å². The summed E-state index contributed by atoms with van der Waals surface area (Å²) in [6.45, 7) is 5.67. The Morgan fingerprint density at radius 2 is 2.00 bits per heavy atom. The maximum atomic E-state index is 12.6. The third-order valence-corrected chi connectivity index (χ3v) is 3.05. The summed E-state index contributed by atoms with van der Waals surface area (Å²) in [5.41, 5.74) is 1.77. The van der Waals surface area contributed by atoms with Crippen molar-refractivity contribution in [1.29, 1.82) is 0 Å². The highest BCUT2D eigenvalue weighted by Gasteiger charge is 2.22. The average Bonchev–Trinajstić information content (AvgIpc) is 2.91. The summed E-state index contributed by atoms with van der Waals surface area (Å²) in [5.74, 6) is -0.648. The lowest BCUT2D eigenvalue weighted by Gasteiger charge is -2.25. The fourth-order valence-corrected chi connectivity index (χ4v) is 1.97. The first-order valence-corrected chi connectivity index (χ1v) is 6.80. The molecular weight excluding hydrogens is 272 g/mol. The van der Waals surface area contributed by atoms with Crippen LogP contribution in [-0.2, 0) is 9.53 Å². The number of hydrogen-bond acceptors (Lipinski definition) is 5. The summed E-state index contributed by atoms with van der Waals surface area (Å²) in [6, 6.07) is 4.93. The van der Waals surface area contributed by atoms with Crippen molar-refractivity contribution in [2.75, 3.05) is 13.2 Å². The van der Waals surface area contributed by atoms with Crippen LogP contribution in [-0.4, -0.2) is 51.4 Å². The van der Waals surface area contributed by atoms with Crippen LogP contribution in [0.2, 0.25) is 0 Å². The zero-order chi connectivity index (χ0) is 15.4. The molecule has 0 saturated heterocycles. The molecule has 1 aromatic heterocycles. The summed E-state index contributed by atoms with van der Waals surface area (Å²) in [6.07, 6.45) is 0. The Kier molecular flexibility index (Phi) is 4.52. The monoisotopic (exact) mass is 290 g/mol. The molecule has 1 amide bonds. The smallest absolute Gasteiger partial charge is 0.325 e. The van der Waals surface area contributed by atoms with Crippen molar-refractivity contribution in [1.82, 2.24) is 20.3 Å². The lowest BCUT2D eigenvalue weighted by Crippen LogP contribution is -2.41. The van der Waals surface area contributed by atoms with E-state index < -0.39 is 5.97 Å². The second-order valence-corrected chi connectivity index (χ2v) is 4.86. The number of carbonyl (C=O) groups excluding carboxylic acids is 2. The van der Waals surface area contributed by atoms with Crippen LogP contribution in [0.3, 0.4) is 0 Å². The fraction of sp³-hybridized carbons (Fsp3) is 0.429. The van der Waals surface area contributed by atoms with Crippen LogP contribution in [0.25, 0.3) is 11.0 Å². The maximum Gasteiger partial charge on any atom is 0.325 e. The van der Waals surface area contributed by atoms with Crippen molar-refractivity contribution >= 4 is 22.9 Å². The molecule has 0 saturated carbocycles. The molecule has 21 heavy (non-hydrogen) atoms. The van der Waals surface area contributed by atoms with Crippen molar-refractivity contribution in [2.24, 2.45) is 0 Å². The van der Waals surface area contributed by atoms with E-state index >= 15 is 0 Å². The number of aromatic amines is 1. The van der Waals surface area contributed by atoms with Crippen LogP contribution in [0.4, 0.5) is 0 Å². The molecule has 0 radical (unpaired) electrons. The minimum absolute atomic E-state index is 0.0683. The average molecular weight is 290 g/mol. The lowest BCUT2D eigenvalue weighted by atomic mass is 10.1. The first-order valence-electron chi connectivity index (χ1n) is 6.80. The number of benzene rings is 1. The van der Waals surface area contributed by atoms with Gasteiger partial charge in [-0.25, -0.2) is 0 Å². The first-order chi connectivity index (χ1) is 10.0. The zero-order valence-corrected chi connectivity index (χ0v) is 12.3. The summed E-state index contributed by atoms with van der Waals surface area (Å²) < 4.78 is 4.91. The van der Waals surface area contributed by atoms with Gasteiger partial charge in [0, 0.05) is 11.6 Å². The number of carbonyl (C=O) groups is 2. The number of aromatic nitrogens is 3. The SMILES string of the molecule is CCOC(=O)CN(C(=O)c1ccc2n[nH]nc2c1)C(C)C. The molecule has 0 fully saturated rings. The molecule has 7 nitrogen and oxygen atoms in total. The molecule has 0 bridgehead atoms. The van der Waals surface area contributed by atoms with E-state index in [1.807, 2.05) is 13.8 Å². The van der Waals surface area contributed by atoms with Gasteiger partial charge in [-0.15, -0.1) is 0 Å². The van der Waals surface area contributed by atoms with Crippen LogP contribution in [0.5, 0.6) is 0 Å². The van der Waals surface area contributed by atoms with E-state index in [0.29, 0.717) is 23.2 Å². The Hall–Kier alpha value is -2.44. The normalized spacial score (nSPS) is 10.9. The van der Waals surface area contributed by atoms with E-state index in [0.717, 1.165) is 0 Å². The molecule has 0 aliphatic heterocycles. The van der Waals surface area contributed by atoms with Crippen LogP contribution in [0.1, 0.15) is 31.1 Å². The van der Waals surface area contributed by atoms with Gasteiger partial charge in [0.1, 0.15) is 17.6 Å². The topological polar surface area (TPSA) is 88.2 Å². The quantitative estimate of drug-likeness (QED) is 0.840. The van der Waals surface area contributed by atoms with Crippen LogP contribution in [0, 0.1) is 0 Å². The highest BCUT2D eigenvalue weighted by molar-refractivity contribution is 5.98. The van der Waals surface area contributed by atoms with Crippen molar-refractivity contribution in [2.45, 2.75) is 26.8 Å². The molecule has 0 spiro atoms. The van der Waals surface area contributed by atoms with E-state index in [1.165, 1.54) is 4.90 Å². The summed E-state index contributed by atoms with van der Waals surface area (Å²) >= 11 is 0. The van der Waals surface area contributed by atoms with Crippen LogP contribution in [0.15, 0.2) is 18.2 Å². The number of hydrogen-bond donors (Lipinski definition) is 1. The van der Waals surface area contributed by atoms with Crippen LogP contribution < -0.4 is 0 Å². The largest absolute Gasteiger partial charge is 0.465 e. The van der Waals surface area contributed by atoms with Gasteiger partial charge in [-0.05, 0) is 39.0 Å². The molecule has 1 aromatic carbocycles. The third kappa shape index (κ3) is 3.36. The predicted molar refractivity (Wildman–Crippen MR) is 76.7 cm³/mol. The van der Waals surface area contributed by atoms with Gasteiger partial charge in [0.25, 0.3) is 5.91 Å². The Balaban J connectivity index is 2.22. The van der Waals surface area contributed by atoms with E-state index in [1.54, 1.807) is 25.1 Å². The Morgan fingerprint density at radius 3 is 2.67 bits per heavy atom. The Labute approximate surface area is 122 Å². The van der Waals surface area contributed by atoms with Gasteiger partial charge in [0.15, 0.2) is 0 Å². The molecule has 2 rings (SSSR count). The van der Waals surface area contributed by atoms with Gasteiger partial charge >= 0.3 is 5.97 Å². The molecule has 1 N–H and O–H groups in total. The van der Waals surface area contributed by atoms with E-state index in [-0.39, 0.29) is 18.5 Å². The second-order valence-electron chi connectivity index (χ2n) is 4.86. The summed E-state index contributed by atoms with van der Waals surface area (Å²) in [5, 5.41) is 10.4. The molecule has 0 unspecified atom stereocenters. The number of rotatable bonds is 5. The number of esters is 1. The predicted octanol–water partition coefficient (Wildman–Crippen LogP) is 1.37. The Bertz CT molecular complexity index is 650. The third-order valence-electron chi connectivity index (χ3n) is 3.05. The van der Waals surface area contributed by atoms with Crippen molar-refractivity contribution in [3.05, 3.63) is 23.8 Å². The number of nitrogens with zero attached hydrogens (tertiary/aromatic N) is 3. The highest BCUT2D eigenvalue weighted by atomic mass is 16.5. The maximum absolute atomic E-state index is 12.6. The zero-order valence-electron chi connectivity index (χ0n) is 12.3. The molecular formula is C14H18N4O3. The minimum Gasteiger partial charge on any atom is -0.465 e. The Morgan fingerprint density at radius 1 is 1.29 bits per heavy atom. The molecule has 0 atom stereocenters. The fourth-order valence-electron chi connectivity index (χ4n) is 1.97. The number of amides is 1. The van der Waals surface area contributed by atoms with Crippen molar-refractivity contribution in [3.8, 4) is 0 Å². The van der Waals surface area contributed by atoms with E-state index in [4.69, 9.17) is 4.74 Å². The minimum atomic E-state index is -0.415. The molecule has 112 valence electrons. The number of fused-ring (bicyclic) bond motifs is 1. The van der Waals surface area contributed by atoms with Crippen molar-refractivity contribution in [3.63, 3.8) is 0 Å². The van der Waals surface area contributed by atoms with Gasteiger partial charge < -0.3 is 9.64 Å². The molecule has 7 heteroatoms. The second kappa shape index (κ2) is 6.34. The van der Waals surface area contributed by atoms with Gasteiger partial charge in [-0.3, -0.25) is 9.59 Å². The van der Waals surface area contributed by atoms with Gasteiger partial charge in [-0.1, -0.05) is 0 Å². The van der Waals surface area contributed by atoms with E-state index in [2.05, 4.69) is 15.4 Å². The highest BCUT2D eigenvalue weighted by Crippen LogP contribution is 2.14. The molecule has 0 aliphatic carbocycles. The molecule has 2 aromatic rings. The summed E-state index contributed by atoms with van der Waals surface area (Å²) in [7, 11) is 0. The lowest BCUT2D eigenvalue weighted by molar-refractivity contribution is -0.144. The van der Waals surface area contributed by atoms with Crippen LogP contribution >= 0.6 is 0 Å². The standard InChI is InChI=1S/C14H18N4O3/c1-4-21-13(19)8-18(9(2)3)14(20)10-5-6-11-12(7-10)16-17-15-11/h5-7,9H,4,8H2,1-3H3,(H,15,16,17). The summed E-state index contributed by atoms with van der Waals surface area (Å²) in [4.78, 5) is 25.6. The molecule has 1 heterocycles.